The van der Waals surface area contributed by atoms with Gasteiger partial charge < -0.3 is 0 Å². The summed E-state index contributed by atoms with van der Waals surface area (Å²) >= 11 is 3.37. The molecule has 0 amide bonds. The molecule has 0 bridgehead atoms. The SMILES string of the molecule is CC.O=S(c1cnc2ccccn12)n1ncc2ncc(Br)cc21. The van der Waals surface area contributed by atoms with Crippen molar-refractivity contribution in [3.05, 3.63) is 53.5 Å². The summed E-state index contributed by atoms with van der Waals surface area (Å²) in [6.07, 6.45) is 6.72. The summed E-state index contributed by atoms with van der Waals surface area (Å²) < 4.78 is 16.9. The second-order valence-electron chi connectivity index (χ2n) is 4.35. The Balaban J connectivity index is 0.000000753. The molecular formula is C15H14BrN5OS. The average molecular weight is 392 g/mol. The Morgan fingerprint density at radius 3 is 2.78 bits per heavy atom. The van der Waals surface area contributed by atoms with E-state index in [4.69, 9.17) is 0 Å². The molecule has 4 aromatic heterocycles. The van der Waals surface area contributed by atoms with E-state index in [-0.39, 0.29) is 0 Å². The molecule has 0 saturated heterocycles. The van der Waals surface area contributed by atoms with Gasteiger partial charge >= 0.3 is 0 Å². The molecule has 0 radical (unpaired) electrons. The Kier molecular flexibility index (Phi) is 4.53. The molecule has 0 aliphatic carbocycles. The van der Waals surface area contributed by atoms with Crippen molar-refractivity contribution >= 4 is 43.6 Å². The van der Waals surface area contributed by atoms with Gasteiger partial charge in [0.1, 0.15) is 16.7 Å². The van der Waals surface area contributed by atoms with Crippen LogP contribution in [-0.2, 0) is 11.0 Å². The Bertz CT molecular complexity index is 994. The lowest BCUT2D eigenvalue weighted by atomic mass is 10.4. The first-order valence-electron chi connectivity index (χ1n) is 7.08. The molecule has 1 unspecified atom stereocenters. The first-order chi connectivity index (χ1) is 11.2. The maximum Gasteiger partial charge on any atom is 0.193 e. The maximum atomic E-state index is 12.8. The summed E-state index contributed by atoms with van der Waals surface area (Å²) in [4.78, 5) is 8.49. The van der Waals surface area contributed by atoms with Gasteiger partial charge in [-0.25, -0.2) is 9.19 Å². The van der Waals surface area contributed by atoms with E-state index in [0.717, 1.165) is 10.1 Å². The second-order valence-corrected chi connectivity index (χ2v) is 6.53. The highest BCUT2D eigenvalue weighted by molar-refractivity contribution is 9.10. The molecule has 8 heteroatoms. The fourth-order valence-corrected chi connectivity index (χ4v) is 3.54. The molecule has 0 saturated carbocycles. The van der Waals surface area contributed by atoms with Crippen molar-refractivity contribution in [2.24, 2.45) is 0 Å². The van der Waals surface area contributed by atoms with E-state index in [1.807, 2.05) is 44.3 Å². The van der Waals surface area contributed by atoms with Crippen LogP contribution in [0.15, 0.2) is 58.6 Å². The zero-order valence-corrected chi connectivity index (χ0v) is 15.0. The van der Waals surface area contributed by atoms with Gasteiger partial charge in [0.15, 0.2) is 16.0 Å². The van der Waals surface area contributed by atoms with Gasteiger partial charge in [-0.05, 0) is 34.1 Å². The average Bonchev–Trinajstić information content (AvgIpc) is 3.20. The number of hydrogen-bond donors (Lipinski definition) is 0. The first-order valence-corrected chi connectivity index (χ1v) is 8.97. The highest BCUT2D eigenvalue weighted by atomic mass is 79.9. The minimum Gasteiger partial charge on any atom is -0.291 e. The van der Waals surface area contributed by atoms with E-state index >= 15 is 0 Å². The smallest absolute Gasteiger partial charge is 0.193 e. The number of rotatable bonds is 2. The van der Waals surface area contributed by atoms with Crippen molar-refractivity contribution < 1.29 is 4.21 Å². The number of nitrogens with zero attached hydrogens (tertiary/aromatic N) is 5. The molecule has 0 aliphatic heterocycles. The predicted octanol–water partition coefficient (Wildman–Crippen LogP) is 3.44. The molecule has 1 atom stereocenters. The number of imidazole rings is 1. The molecular weight excluding hydrogens is 378 g/mol. The number of halogens is 1. The Morgan fingerprint density at radius 2 is 1.96 bits per heavy atom. The fraction of sp³-hybridized carbons (Fsp3) is 0.133. The summed E-state index contributed by atoms with van der Waals surface area (Å²) in [5.74, 6) is 0. The van der Waals surface area contributed by atoms with E-state index in [0.29, 0.717) is 16.1 Å². The van der Waals surface area contributed by atoms with Gasteiger partial charge in [-0.3, -0.25) is 9.38 Å². The molecule has 4 heterocycles. The van der Waals surface area contributed by atoms with Crippen molar-refractivity contribution in [2.45, 2.75) is 18.9 Å². The molecule has 118 valence electrons. The van der Waals surface area contributed by atoms with Crippen LogP contribution < -0.4 is 0 Å². The maximum absolute atomic E-state index is 12.8. The van der Waals surface area contributed by atoms with E-state index in [9.17, 15) is 4.21 Å². The normalized spacial score (nSPS) is 12.1. The van der Waals surface area contributed by atoms with Crippen LogP contribution in [0.3, 0.4) is 0 Å². The molecule has 0 aromatic carbocycles. The minimum atomic E-state index is -1.50. The van der Waals surface area contributed by atoms with Gasteiger partial charge in [0.05, 0.1) is 12.4 Å². The van der Waals surface area contributed by atoms with Crippen LogP contribution in [0.2, 0.25) is 0 Å². The summed E-state index contributed by atoms with van der Waals surface area (Å²) in [7, 11) is -1.50. The molecule has 0 aliphatic rings. The Morgan fingerprint density at radius 1 is 1.13 bits per heavy atom. The highest BCUT2D eigenvalue weighted by Crippen LogP contribution is 2.20. The van der Waals surface area contributed by atoms with Gasteiger partial charge in [0.25, 0.3) is 0 Å². The Hall–Kier alpha value is -2.06. The van der Waals surface area contributed by atoms with E-state index in [1.165, 1.54) is 4.09 Å². The Labute approximate surface area is 143 Å². The van der Waals surface area contributed by atoms with E-state index < -0.39 is 11.0 Å². The fourth-order valence-electron chi connectivity index (χ4n) is 2.12. The quantitative estimate of drug-likeness (QED) is 0.524. The topological polar surface area (TPSA) is 65.1 Å². The standard InChI is InChI=1S/C13H8BrN5OS.C2H6/c14-9-5-11-10(15-6-9)7-17-19(11)21(20)13-8-16-12-3-1-2-4-18(12)13;1-2/h1-8H;1-2H3. The van der Waals surface area contributed by atoms with Gasteiger partial charge in [0.2, 0.25) is 0 Å². The van der Waals surface area contributed by atoms with Gasteiger partial charge in [-0.1, -0.05) is 19.9 Å². The summed E-state index contributed by atoms with van der Waals surface area (Å²) in [5, 5.41) is 4.76. The van der Waals surface area contributed by atoms with Crippen LogP contribution in [0.4, 0.5) is 0 Å². The van der Waals surface area contributed by atoms with Crippen molar-refractivity contribution in [1.29, 1.82) is 0 Å². The number of aromatic nitrogens is 5. The predicted molar refractivity (Wildman–Crippen MR) is 93.6 cm³/mol. The van der Waals surface area contributed by atoms with Crippen molar-refractivity contribution in [3.8, 4) is 0 Å². The summed E-state index contributed by atoms with van der Waals surface area (Å²) in [5.41, 5.74) is 2.14. The van der Waals surface area contributed by atoms with Gasteiger partial charge in [-0.15, -0.1) is 0 Å². The van der Waals surface area contributed by atoms with Crippen LogP contribution in [-0.4, -0.2) is 27.8 Å². The highest BCUT2D eigenvalue weighted by Gasteiger charge is 2.16. The number of hydrogen-bond acceptors (Lipinski definition) is 4. The number of fused-ring (bicyclic) bond motifs is 2. The minimum absolute atomic E-state index is 0.565. The third-order valence-corrected chi connectivity index (χ3v) is 4.77. The van der Waals surface area contributed by atoms with Crippen LogP contribution in [0, 0.1) is 0 Å². The molecule has 0 N–H and O–H groups in total. The lowest BCUT2D eigenvalue weighted by Crippen LogP contribution is -2.08. The van der Waals surface area contributed by atoms with E-state index in [1.54, 1.807) is 23.0 Å². The lowest BCUT2D eigenvalue weighted by molar-refractivity contribution is 0.669. The monoisotopic (exact) mass is 391 g/mol. The summed E-state index contributed by atoms with van der Waals surface area (Å²) in [6.45, 7) is 4.00. The third-order valence-electron chi connectivity index (χ3n) is 3.07. The van der Waals surface area contributed by atoms with Gasteiger partial charge in [0, 0.05) is 16.9 Å². The molecule has 0 spiro atoms. The van der Waals surface area contributed by atoms with Crippen LogP contribution in [0.5, 0.6) is 0 Å². The van der Waals surface area contributed by atoms with E-state index in [2.05, 4.69) is 31.0 Å². The zero-order valence-electron chi connectivity index (χ0n) is 12.5. The van der Waals surface area contributed by atoms with Crippen molar-refractivity contribution in [1.82, 2.24) is 23.6 Å². The van der Waals surface area contributed by atoms with Crippen LogP contribution in [0.25, 0.3) is 16.7 Å². The number of pyridine rings is 2. The third kappa shape index (κ3) is 2.79. The van der Waals surface area contributed by atoms with Gasteiger partial charge in [-0.2, -0.15) is 9.19 Å². The van der Waals surface area contributed by atoms with Crippen LogP contribution in [0.1, 0.15) is 13.8 Å². The van der Waals surface area contributed by atoms with Crippen molar-refractivity contribution in [2.75, 3.05) is 0 Å². The van der Waals surface area contributed by atoms with Crippen molar-refractivity contribution in [3.63, 3.8) is 0 Å². The zero-order chi connectivity index (χ0) is 16.4. The lowest BCUT2D eigenvalue weighted by Gasteiger charge is -2.03. The van der Waals surface area contributed by atoms with Crippen LogP contribution >= 0.6 is 15.9 Å². The molecule has 23 heavy (non-hydrogen) atoms. The molecule has 4 aromatic rings. The molecule has 6 nitrogen and oxygen atoms in total. The molecule has 0 fully saturated rings. The summed E-state index contributed by atoms with van der Waals surface area (Å²) in [6, 6.07) is 7.46. The largest absolute Gasteiger partial charge is 0.291 e. The molecule has 4 rings (SSSR count). The second kappa shape index (κ2) is 6.59. The first kappa shape index (κ1) is 15.8.